The summed E-state index contributed by atoms with van der Waals surface area (Å²) in [5, 5.41) is 0.714. The van der Waals surface area contributed by atoms with Crippen LogP contribution in [0, 0.1) is 18.7 Å². The van der Waals surface area contributed by atoms with Gasteiger partial charge < -0.3 is 14.2 Å². The number of pyridine rings is 3. The molecule has 5 aromatic rings. The van der Waals surface area contributed by atoms with Crippen molar-refractivity contribution in [2.45, 2.75) is 39.7 Å². The Morgan fingerprint density at radius 2 is 1.98 bits per heavy atom. The van der Waals surface area contributed by atoms with Gasteiger partial charge in [0.05, 0.1) is 23.0 Å². The van der Waals surface area contributed by atoms with Gasteiger partial charge in [-0.3, -0.25) is 9.78 Å². The summed E-state index contributed by atoms with van der Waals surface area (Å²) in [6.07, 6.45) is 5.57. The van der Waals surface area contributed by atoms with Gasteiger partial charge in [-0.15, -0.1) is 0 Å². The molecule has 1 saturated heterocycles. The van der Waals surface area contributed by atoms with Crippen LogP contribution in [0.1, 0.15) is 37.9 Å². The lowest BCUT2D eigenvalue weighted by atomic mass is 10.0. The molecule has 6 rings (SSSR count). The first-order chi connectivity index (χ1) is 20.6. The lowest BCUT2D eigenvalue weighted by Gasteiger charge is -2.40. The number of aromatic nitrogens is 5. The van der Waals surface area contributed by atoms with Crippen LogP contribution in [0.25, 0.3) is 38.9 Å². The van der Waals surface area contributed by atoms with Crippen molar-refractivity contribution in [3.05, 3.63) is 83.0 Å². The standard InChI is InChI=1S/C31H29F2N7O3/c1-6-22(41)38-10-11-39(18(5)15-38)29-20-13-21(32)25(23-27-19(8-12-43-27)14-35-28(23)33)36-30(20)40(31(42)37-29)26-17(4)7-9-34-24(26)16(2)3/h6-9,12-14,16,18H,1,10-11,15H2,2-5H3/t18-/m0/s1. The highest BCUT2D eigenvalue weighted by molar-refractivity contribution is 5.95. The third kappa shape index (κ3) is 4.62. The van der Waals surface area contributed by atoms with E-state index in [1.807, 2.05) is 32.6 Å². The predicted molar refractivity (Wildman–Crippen MR) is 158 cm³/mol. The quantitative estimate of drug-likeness (QED) is 0.211. The number of piperazine rings is 1. The lowest BCUT2D eigenvalue weighted by Crippen LogP contribution is -2.54. The second kappa shape index (κ2) is 10.7. The van der Waals surface area contributed by atoms with Gasteiger partial charge in [-0.1, -0.05) is 20.4 Å². The second-order valence-electron chi connectivity index (χ2n) is 10.9. The number of rotatable bonds is 5. The molecule has 1 amide bonds. The minimum absolute atomic E-state index is 0.0733. The van der Waals surface area contributed by atoms with Crippen LogP contribution in [0.2, 0.25) is 0 Å². The van der Waals surface area contributed by atoms with Gasteiger partial charge in [0.25, 0.3) is 0 Å². The van der Waals surface area contributed by atoms with E-state index in [2.05, 4.69) is 26.5 Å². The topological polar surface area (TPSA) is 110 Å². The number of furan rings is 1. The molecule has 0 radical (unpaired) electrons. The van der Waals surface area contributed by atoms with E-state index in [-0.39, 0.29) is 51.6 Å². The van der Waals surface area contributed by atoms with Gasteiger partial charge in [0.1, 0.15) is 22.7 Å². The monoisotopic (exact) mass is 585 g/mol. The number of nitrogens with zero attached hydrogens (tertiary/aromatic N) is 7. The number of fused-ring (bicyclic) bond motifs is 2. The molecule has 43 heavy (non-hydrogen) atoms. The van der Waals surface area contributed by atoms with Crippen LogP contribution < -0.4 is 10.6 Å². The predicted octanol–water partition coefficient (Wildman–Crippen LogP) is 4.92. The van der Waals surface area contributed by atoms with Crippen molar-refractivity contribution in [2.24, 2.45) is 0 Å². The molecule has 1 fully saturated rings. The molecule has 10 nitrogen and oxygen atoms in total. The van der Waals surface area contributed by atoms with Gasteiger partial charge in [0.15, 0.2) is 11.5 Å². The average molecular weight is 586 g/mol. The van der Waals surface area contributed by atoms with Gasteiger partial charge in [0, 0.05) is 43.5 Å². The molecule has 0 bridgehead atoms. The van der Waals surface area contributed by atoms with Crippen LogP contribution >= 0.6 is 0 Å². The van der Waals surface area contributed by atoms with Crippen LogP contribution in [-0.2, 0) is 4.79 Å². The van der Waals surface area contributed by atoms with Crippen molar-refractivity contribution in [3.8, 4) is 16.9 Å². The van der Waals surface area contributed by atoms with E-state index >= 15 is 8.78 Å². The summed E-state index contributed by atoms with van der Waals surface area (Å²) in [6.45, 7) is 12.2. The Kier molecular flexibility index (Phi) is 6.99. The van der Waals surface area contributed by atoms with Gasteiger partial charge in [0.2, 0.25) is 11.9 Å². The molecule has 1 atom stereocenters. The first kappa shape index (κ1) is 28.1. The largest absolute Gasteiger partial charge is 0.463 e. The molecule has 5 aromatic heterocycles. The van der Waals surface area contributed by atoms with E-state index in [1.54, 1.807) is 23.2 Å². The first-order valence-corrected chi connectivity index (χ1v) is 13.9. The van der Waals surface area contributed by atoms with E-state index in [9.17, 15) is 9.59 Å². The van der Waals surface area contributed by atoms with Gasteiger partial charge >= 0.3 is 5.69 Å². The van der Waals surface area contributed by atoms with Gasteiger partial charge in [-0.2, -0.15) is 9.37 Å². The number of carbonyl (C=O) groups is 1. The summed E-state index contributed by atoms with van der Waals surface area (Å²) >= 11 is 0. The van der Waals surface area contributed by atoms with E-state index in [4.69, 9.17) is 4.42 Å². The summed E-state index contributed by atoms with van der Waals surface area (Å²) in [7, 11) is 0. The van der Waals surface area contributed by atoms with Crippen molar-refractivity contribution in [2.75, 3.05) is 24.5 Å². The summed E-state index contributed by atoms with van der Waals surface area (Å²) in [5.74, 6) is -1.87. The summed E-state index contributed by atoms with van der Waals surface area (Å²) in [4.78, 5) is 47.2. The number of hydrogen-bond donors (Lipinski definition) is 0. The number of carbonyl (C=O) groups excluding carboxylic acids is 1. The van der Waals surface area contributed by atoms with E-state index in [0.29, 0.717) is 36.4 Å². The smallest absolute Gasteiger partial charge is 0.355 e. The van der Waals surface area contributed by atoms with Crippen LogP contribution in [0.5, 0.6) is 0 Å². The molecular formula is C31H29F2N7O3. The molecular weight excluding hydrogens is 556 g/mol. The Hall–Kier alpha value is -5.00. The SMILES string of the molecule is C=CC(=O)N1CCN(c2nc(=O)n(-c3c(C)ccnc3C(C)C)c3nc(-c4c(F)ncc5ccoc45)c(F)cc23)[C@@H](C)C1. The molecule has 0 N–H and O–H groups in total. The summed E-state index contributed by atoms with van der Waals surface area (Å²) < 4.78 is 38.1. The Balaban J connectivity index is 1.67. The van der Waals surface area contributed by atoms with E-state index in [0.717, 1.165) is 5.56 Å². The number of amides is 1. The van der Waals surface area contributed by atoms with Crippen LogP contribution in [0.4, 0.5) is 14.6 Å². The molecule has 1 aliphatic heterocycles. The molecule has 220 valence electrons. The Morgan fingerprint density at radius 1 is 1.19 bits per heavy atom. The van der Waals surface area contributed by atoms with Gasteiger partial charge in [-0.05, 0) is 49.6 Å². The fourth-order valence-electron chi connectivity index (χ4n) is 5.70. The normalized spacial score (nSPS) is 15.6. The van der Waals surface area contributed by atoms with E-state index < -0.39 is 17.5 Å². The molecule has 0 spiro atoms. The molecule has 0 unspecified atom stereocenters. The maximum Gasteiger partial charge on any atom is 0.355 e. The number of halogens is 2. The molecule has 12 heteroatoms. The third-order valence-corrected chi connectivity index (χ3v) is 7.79. The Labute approximate surface area is 245 Å². The molecule has 0 aromatic carbocycles. The van der Waals surface area contributed by atoms with Gasteiger partial charge in [-0.25, -0.2) is 23.7 Å². The van der Waals surface area contributed by atoms with Crippen LogP contribution in [-0.4, -0.2) is 61.0 Å². The fraction of sp³-hybridized carbons (Fsp3) is 0.290. The first-order valence-electron chi connectivity index (χ1n) is 13.9. The van der Waals surface area contributed by atoms with Crippen molar-refractivity contribution in [1.82, 2.24) is 29.4 Å². The fourth-order valence-corrected chi connectivity index (χ4v) is 5.70. The lowest BCUT2D eigenvalue weighted by molar-refractivity contribution is -0.126. The van der Waals surface area contributed by atoms with Crippen molar-refractivity contribution in [3.63, 3.8) is 0 Å². The number of anilines is 1. The van der Waals surface area contributed by atoms with Crippen molar-refractivity contribution in [1.29, 1.82) is 0 Å². The minimum atomic E-state index is -0.964. The minimum Gasteiger partial charge on any atom is -0.463 e. The maximum atomic E-state index is 16.1. The van der Waals surface area contributed by atoms with Crippen LogP contribution in [0.3, 0.4) is 0 Å². The zero-order valence-electron chi connectivity index (χ0n) is 24.1. The average Bonchev–Trinajstić information content (AvgIpc) is 3.46. The molecule has 0 aliphatic carbocycles. The molecule has 6 heterocycles. The zero-order valence-corrected chi connectivity index (χ0v) is 24.1. The maximum absolute atomic E-state index is 16.1. The van der Waals surface area contributed by atoms with Crippen molar-refractivity contribution < 1.29 is 18.0 Å². The zero-order chi connectivity index (χ0) is 30.6. The Bertz CT molecular complexity index is 1980. The second-order valence-corrected chi connectivity index (χ2v) is 10.9. The summed E-state index contributed by atoms with van der Waals surface area (Å²) in [5.41, 5.74) is 0.717. The van der Waals surface area contributed by atoms with Crippen molar-refractivity contribution >= 4 is 33.7 Å². The van der Waals surface area contributed by atoms with E-state index in [1.165, 1.54) is 29.2 Å². The highest BCUT2D eigenvalue weighted by Crippen LogP contribution is 2.36. The Morgan fingerprint density at radius 3 is 2.70 bits per heavy atom. The molecule has 0 saturated carbocycles. The van der Waals surface area contributed by atoms with Crippen LogP contribution in [0.15, 0.2) is 58.7 Å². The third-order valence-electron chi connectivity index (χ3n) is 7.79. The highest BCUT2D eigenvalue weighted by Gasteiger charge is 2.31. The molecule has 1 aliphatic rings. The number of aryl methyl sites for hydroxylation is 1. The number of hydrogen-bond acceptors (Lipinski definition) is 8. The summed E-state index contributed by atoms with van der Waals surface area (Å²) in [6, 6.07) is 4.31. The highest BCUT2D eigenvalue weighted by atomic mass is 19.1.